The van der Waals surface area contributed by atoms with Crippen LogP contribution in [-0.2, 0) is 20.7 Å². The van der Waals surface area contributed by atoms with Crippen molar-refractivity contribution >= 4 is 22.9 Å². The summed E-state index contributed by atoms with van der Waals surface area (Å²) in [6.45, 7) is 13.7. The van der Waals surface area contributed by atoms with E-state index in [1.165, 1.54) is 11.1 Å². The number of aromatic nitrogens is 3. The third-order valence-corrected chi connectivity index (χ3v) is 7.29. The van der Waals surface area contributed by atoms with E-state index in [1.807, 2.05) is 30.4 Å². The van der Waals surface area contributed by atoms with Crippen LogP contribution >= 0.6 is 0 Å². The van der Waals surface area contributed by atoms with Crippen LogP contribution in [-0.4, -0.2) is 51.2 Å². The number of benzene rings is 1. The fourth-order valence-corrected chi connectivity index (χ4v) is 5.16. The van der Waals surface area contributed by atoms with E-state index >= 15 is 0 Å². The Balaban J connectivity index is 1.55. The van der Waals surface area contributed by atoms with Gasteiger partial charge in [0.15, 0.2) is 5.65 Å². The lowest BCUT2D eigenvalue weighted by Crippen LogP contribution is -2.42. The van der Waals surface area contributed by atoms with Gasteiger partial charge in [0.2, 0.25) is 5.91 Å². The van der Waals surface area contributed by atoms with E-state index in [4.69, 9.17) is 14.8 Å². The SMILES string of the molecule is CCOC(=O)[C@@H]1CCCN(C(=O)CCc2c(C)nc3c(c(C)nn3-c3ccc(C)c(C)c3)c2C)C1. The van der Waals surface area contributed by atoms with E-state index in [9.17, 15) is 9.59 Å². The first-order valence-corrected chi connectivity index (χ1v) is 12.6. The third kappa shape index (κ3) is 4.95. The van der Waals surface area contributed by atoms with E-state index in [2.05, 4.69) is 39.0 Å². The second-order valence-electron chi connectivity index (χ2n) is 9.70. The highest BCUT2D eigenvalue weighted by molar-refractivity contribution is 5.85. The van der Waals surface area contributed by atoms with Gasteiger partial charge in [-0.15, -0.1) is 0 Å². The van der Waals surface area contributed by atoms with Crippen molar-refractivity contribution < 1.29 is 14.3 Å². The standard InChI is InChI=1S/C28H36N4O3/c1-7-35-28(34)22-9-8-14-31(16-22)25(33)13-12-24-19(4)26-21(6)30-32(27(26)29-20(24)5)23-11-10-17(2)18(3)15-23/h10-11,15,22H,7-9,12-14,16H2,1-6H3/t22-/m1/s1. The van der Waals surface area contributed by atoms with Crippen LogP contribution in [0.5, 0.6) is 0 Å². The van der Waals surface area contributed by atoms with Crippen molar-refractivity contribution in [2.75, 3.05) is 19.7 Å². The normalized spacial score (nSPS) is 16.1. The van der Waals surface area contributed by atoms with E-state index < -0.39 is 0 Å². The van der Waals surface area contributed by atoms with E-state index in [0.29, 0.717) is 32.5 Å². The summed E-state index contributed by atoms with van der Waals surface area (Å²) in [4.78, 5) is 32.0. The van der Waals surface area contributed by atoms with Gasteiger partial charge in [0.25, 0.3) is 0 Å². The van der Waals surface area contributed by atoms with Crippen molar-refractivity contribution in [2.24, 2.45) is 5.92 Å². The van der Waals surface area contributed by atoms with Crippen LogP contribution in [0.1, 0.15) is 59.8 Å². The second-order valence-corrected chi connectivity index (χ2v) is 9.70. The summed E-state index contributed by atoms with van der Waals surface area (Å²) in [5, 5.41) is 5.87. The fourth-order valence-electron chi connectivity index (χ4n) is 5.16. The number of piperidine rings is 1. The fraction of sp³-hybridized carbons (Fsp3) is 0.500. The van der Waals surface area contributed by atoms with Crippen molar-refractivity contribution in [1.82, 2.24) is 19.7 Å². The molecule has 1 aromatic carbocycles. The molecule has 7 heteroatoms. The second kappa shape index (κ2) is 10.2. The number of hydrogen-bond donors (Lipinski definition) is 0. The lowest BCUT2D eigenvalue weighted by molar-refractivity contribution is -0.151. The van der Waals surface area contributed by atoms with Crippen LogP contribution in [0.4, 0.5) is 0 Å². The Kier molecular flexibility index (Phi) is 7.24. The largest absolute Gasteiger partial charge is 0.466 e. The van der Waals surface area contributed by atoms with Crippen LogP contribution in [0.2, 0.25) is 0 Å². The van der Waals surface area contributed by atoms with Crippen molar-refractivity contribution in [3.63, 3.8) is 0 Å². The number of aryl methyl sites for hydroxylation is 5. The first kappa shape index (κ1) is 24.9. The van der Waals surface area contributed by atoms with Gasteiger partial charge in [-0.25, -0.2) is 9.67 Å². The van der Waals surface area contributed by atoms with Gasteiger partial charge < -0.3 is 9.64 Å². The molecule has 35 heavy (non-hydrogen) atoms. The molecule has 3 aromatic rings. The zero-order chi connectivity index (χ0) is 25.3. The Labute approximate surface area is 207 Å². The van der Waals surface area contributed by atoms with Gasteiger partial charge >= 0.3 is 5.97 Å². The zero-order valence-electron chi connectivity index (χ0n) is 21.8. The van der Waals surface area contributed by atoms with Gasteiger partial charge in [0.1, 0.15) is 0 Å². The molecule has 0 N–H and O–H groups in total. The Hall–Kier alpha value is -3.22. The number of nitrogens with zero attached hydrogens (tertiary/aromatic N) is 4. The number of rotatable bonds is 6. The maximum absolute atomic E-state index is 13.0. The Morgan fingerprint density at radius 3 is 2.57 bits per heavy atom. The molecule has 4 rings (SSSR count). The van der Waals surface area contributed by atoms with E-state index in [0.717, 1.165) is 52.1 Å². The van der Waals surface area contributed by atoms with Gasteiger partial charge in [0, 0.05) is 30.6 Å². The minimum atomic E-state index is -0.215. The molecule has 2 aromatic heterocycles. The number of hydrogen-bond acceptors (Lipinski definition) is 5. The predicted molar refractivity (Wildman–Crippen MR) is 137 cm³/mol. The zero-order valence-corrected chi connectivity index (χ0v) is 21.8. The number of ether oxygens (including phenoxy) is 1. The highest BCUT2D eigenvalue weighted by atomic mass is 16.5. The van der Waals surface area contributed by atoms with Gasteiger partial charge in [-0.05, 0) is 95.2 Å². The number of carbonyl (C=O) groups excluding carboxylic acids is 2. The third-order valence-electron chi connectivity index (χ3n) is 7.29. The summed E-state index contributed by atoms with van der Waals surface area (Å²) in [5.74, 6) is -0.323. The molecule has 1 aliphatic heterocycles. The van der Waals surface area contributed by atoms with Crippen LogP contribution in [0.3, 0.4) is 0 Å². The summed E-state index contributed by atoms with van der Waals surface area (Å²) in [5.41, 5.74) is 8.42. The quantitative estimate of drug-likeness (QED) is 0.482. The maximum Gasteiger partial charge on any atom is 0.310 e. The lowest BCUT2D eigenvalue weighted by Gasteiger charge is -2.31. The molecule has 3 heterocycles. The molecule has 1 amide bonds. The number of carbonyl (C=O) groups is 2. The number of fused-ring (bicyclic) bond motifs is 1. The molecule has 1 saturated heterocycles. The molecule has 0 spiro atoms. The molecule has 0 unspecified atom stereocenters. The molecule has 1 aliphatic rings. The number of amides is 1. The average Bonchev–Trinajstić information content (AvgIpc) is 3.16. The first-order chi connectivity index (χ1) is 16.7. The smallest absolute Gasteiger partial charge is 0.310 e. The van der Waals surface area contributed by atoms with Crippen LogP contribution in [0.25, 0.3) is 16.7 Å². The molecular formula is C28H36N4O3. The molecule has 0 radical (unpaired) electrons. The number of esters is 1. The van der Waals surface area contributed by atoms with Gasteiger partial charge in [0.05, 0.1) is 23.9 Å². The first-order valence-electron chi connectivity index (χ1n) is 12.6. The van der Waals surface area contributed by atoms with Crippen LogP contribution in [0.15, 0.2) is 18.2 Å². The molecule has 1 fully saturated rings. The molecule has 0 aliphatic carbocycles. The van der Waals surface area contributed by atoms with Gasteiger partial charge in [-0.3, -0.25) is 9.59 Å². The molecule has 0 bridgehead atoms. The van der Waals surface area contributed by atoms with Crippen molar-refractivity contribution in [1.29, 1.82) is 0 Å². The highest BCUT2D eigenvalue weighted by Crippen LogP contribution is 2.29. The molecular weight excluding hydrogens is 440 g/mol. The van der Waals surface area contributed by atoms with E-state index in [-0.39, 0.29) is 17.8 Å². The summed E-state index contributed by atoms with van der Waals surface area (Å²) in [7, 11) is 0. The minimum absolute atomic E-state index is 0.0837. The van der Waals surface area contributed by atoms with Crippen molar-refractivity contribution in [3.8, 4) is 5.69 Å². The number of likely N-dealkylation sites (tertiary alicyclic amines) is 1. The summed E-state index contributed by atoms with van der Waals surface area (Å²) >= 11 is 0. The predicted octanol–water partition coefficient (Wildman–Crippen LogP) is 4.70. The number of pyridine rings is 1. The van der Waals surface area contributed by atoms with Crippen LogP contribution < -0.4 is 0 Å². The monoisotopic (exact) mass is 476 g/mol. The Morgan fingerprint density at radius 1 is 1.09 bits per heavy atom. The lowest BCUT2D eigenvalue weighted by atomic mass is 9.96. The van der Waals surface area contributed by atoms with Crippen molar-refractivity contribution in [2.45, 2.75) is 67.2 Å². The minimum Gasteiger partial charge on any atom is -0.466 e. The van der Waals surface area contributed by atoms with Gasteiger partial charge in [-0.2, -0.15) is 5.10 Å². The maximum atomic E-state index is 13.0. The Morgan fingerprint density at radius 2 is 1.86 bits per heavy atom. The van der Waals surface area contributed by atoms with Gasteiger partial charge in [-0.1, -0.05) is 6.07 Å². The topological polar surface area (TPSA) is 77.3 Å². The van der Waals surface area contributed by atoms with E-state index in [1.54, 1.807) is 0 Å². The summed E-state index contributed by atoms with van der Waals surface area (Å²) in [6, 6.07) is 6.33. The molecule has 1 atom stereocenters. The van der Waals surface area contributed by atoms with Crippen molar-refractivity contribution in [3.05, 3.63) is 51.8 Å². The summed E-state index contributed by atoms with van der Waals surface area (Å²) in [6.07, 6.45) is 2.63. The van der Waals surface area contributed by atoms with Crippen LogP contribution in [0, 0.1) is 40.5 Å². The molecule has 0 saturated carbocycles. The molecule has 186 valence electrons. The average molecular weight is 477 g/mol. The molecule has 7 nitrogen and oxygen atoms in total. The Bertz CT molecular complexity index is 1280. The summed E-state index contributed by atoms with van der Waals surface area (Å²) < 4.78 is 7.10. The highest BCUT2D eigenvalue weighted by Gasteiger charge is 2.29.